The van der Waals surface area contributed by atoms with Crippen molar-refractivity contribution in [1.29, 1.82) is 0 Å². The molecule has 0 spiro atoms. The average molecular weight is 252 g/mol. The predicted octanol–water partition coefficient (Wildman–Crippen LogP) is 2.24. The van der Waals surface area contributed by atoms with E-state index in [0.717, 1.165) is 18.7 Å². The van der Waals surface area contributed by atoms with Crippen LogP contribution in [0, 0.1) is 0 Å². The van der Waals surface area contributed by atoms with Crippen LogP contribution in [0.15, 0.2) is 18.5 Å². The third-order valence-corrected chi connectivity index (χ3v) is 3.53. The molecule has 1 unspecified atom stereocenters. The van der Waals surface area contributed by atoms with E-state index in [-0.39, 0.29) is 5.54 Å². The molecule has 0 saturated heterocycles. The molecule has 0 bridgehead atoms. The number of nitrogens with zero attached hydrogens (tertiary/aromatic N) is 2. The summed E-state index contributed by atoms with van der Waals surface area (Å²) in [5.74, 6) is 0.668. The predicted molar refractivity (Wildman–Crippen MR) is 72.7 cm³/mol. The van der Waals surface area contributed by atoms with E-state index in [0.29, 0.717) is 5.75 Å². The van der Waals surface area contributed by atoms with Crippen molar-refractivity contribution in [3.8, 4) is 5.75 Å². The van der Waals surface area contributed by atoms with Crippen LogP contribution < -0.4 is 4.74 Å². The summed E-state index contributed by atoms with van der Waals surface area (Å²) in [7, 11) is 1.60. The molecule has 4 nitrogen and oxygen atoms in total. The van der Waals surface area contributed by atoms with Crippen molar-refractivity contribution in [2.75, 3.05) is 20.2 Å². The van der Waals surface area contributed by atoms with Gasteiger partial charge in [0, 0.05) is 17.3 Å². The zero-order chi connectivity index (χ0) is 13.8. The third kappa shape index (κ3) is 3.00. The van der Waals surface area contributed by atoms with Crippen molar-refractivity contribution >= 4 is 0 Å². The average Bonchev–Trinajstić information content (AvgIpc) is 2.39. The van der Waals surface area contributed by atoms with E-state index in [1.165, 1.54) is 0 Å². The number of aliphatic hydroxyl groups excluding tert-OH is 1. The van der Waals surface area contributed by atoms with Crippen LogP contribution in [0.25, 0.3) is 0 Å². The van der Waals surface area contributed by atoms with E-state index in [1.807, 2.05) is 19.9 Å². The van der Waals surface area contributed by atoms with E-state index in [9.17, 15) is 5.11 Å². The van der Waals surface area contributed by atoms with Crippen LogP contribution in [-0.2, 0) is 0 Å². The number of hydrogen-bond acceptors (Lipinski definition) is 4. The maximum atomic E-state index is 10.6. The Morgan fingerprint density at radius 2 is 1.94 bits per heavy atom. The smallest absolute Gasteiger partial charge is 0.137 e. The second-order valence-electron chi connectivity index (χ2n) is 4.89. The Morgan fingerprint density at radius 3 is 2.44 bits per heavy atom. The highest BCUT2D eigenvalue weighted by Gasteiger charge is 2.34. The highest BCUT2D eigenvalue weighted by atomic mass is 16.5. The van der Waals surface area contributed by atoms with Crippen molar-refractivity contribution in [2.24, 2.45) is 0 Å². The quantitative estimate of drug-likeness (QED) is 0.843. The standard InChI is InChI=1S/C14H24N2O2/c1-6-16(7-2)14(3,4)13(17)11-8-12(18-5)10-15-9-11/h8-10,13,17H,6-7H2,1-5H3. The Balaban J connectivity index is 3.00. The Kier molecular flexibility index (Phi) is 5.11. The number of likely N-dealkylation sites (N-methyl/N-ethyl adjacent to an activating group) is 1. The van der Waals surface area contributed by atoms with Crippen LogP contribution in [-0.4, -0.2) is 40.7 Å². The summed E-state index contributed by atoms with van der Waals surface area (Å²) in [5, 5.41) is 10.6. The summed E-state index contributed by atoms with van der Waals surface area (Å²) in [5.41, 5.74) is 0.448. The van der Waals surface area contributed by atoms with Crippen molar-refractivity contribution in [3.63, 3.8) is 0 Å². The molecule has 1 N–H and O–H groups in total. The molecule has 1 atom stereocenters. The molecule has 0 fully saturated rings. The highest BCUT2D eigenvalue weighted by Crippen LogP contribution is 2.31. The van der Waals surface area contributed by atoms with E-state index in [2.05, 4.69) is 23.7 Å². The second kappa shape index (κ2) is 6.16. The summed E-state index contributed by atoms with van der Waals surface area (Å²) in [6.07, 6.45) is 2.74. The molecule has 18 heavy (non-hydrogen) atoms. The minimum Gasteiger partial charge on any atom is -0.495 e. The molecule has 1 rings (SSSR count). The van der Waals surface area contributed by atoms with Gasteiger partial charge in [0.25, 0.3) is 0 Å². The van der Waals surface area contributed by atoms with Gasteiger partial charge < -0.3 is 9.84 Å². The molecule has 1 aromatic heterocycles. The van der Waals surface area contributed by atoms with Crippen LogP contribution in [0.1, 0.15) is 39.4 Å². The van der Waals surface area contributed by atoms with E-state index in [1.54, 1.807) is 19.5 Å². The van der Waals surface area contributed by atoms with Gasteiger partial charge in [0.15, 0.2) is 0 Å². The molecule has 0 amide bonds. The van der Waals surface area contributed by atoms with Gasteiger partial charge in [-0.25, -0.2) is 0 Å². The molecular formula is C14H24N2O2. The maximum Gasteiger partial charge on any atom is 0.137 e. The van der Waals surface area contributed by atoms with Gasteiger partial charge in [-0.15, -0.1) is 0 Å². The Labute approximate surface area is 110 Å². The lowest BCUT2D eigenvalue weighted by Crippen LogP contribution is -2.48. The molecule has 0 aromatic carbocycles. The van der Waals surface area contributed by atoms with Gasteiger partial charge in [0.1, 0.15) is 5.75 Å². The number of ether oxygens (including phenoxy) is 1. The second-order valence-corrected chi connectivity index (χ2v) is 4.89. The number of pyridine rings is 1. The molecular weight excluding hydrogens is 228 g/mol. The van der Waals surface area contributed by atoms with Gasteiger partial charge in [-0.2, -0.15) is 0 Å². The first kappa shape index (κ1) is 14.9. The molecule has 1 heterocycles. The summed E-state index contributed by atoms with van der Waals surface area (Å²) in [6.45, 7) is 10.1. The first-order valence-electron chi connectivity index (χ1n) is 6.39. The van der Waals surface area contributed by atoms with Gasteiger partial charge in [-0.3, -0.25) is 9.88 Å². The molecule has 102 valence electrons. The number of hydrogen-bond donors (Lipinski definition) is 1. The van der Waals surface area contributed by atoms with Crippen LogP contribution in [0.3, 0.4) is 0 Å². The van der Waals surface area contributed by atoms with Crippen molar-refractivity contribution in [3.05, 3.63) is 24.0 Å². The maximum absolute atomic E-state index is 10.6. The lowest BCUT2D eigenvalue weighted by Gasteiger charge is -2.41. The summed E-state index contributed by atoms with van der Waals surface area (Å²) >= 11 is 0. The molecule has 1 aromatic rings. The molecule has 0 saturated carbocycles. The van der Waals surface area contributed by atoms with Crippen molar-refractivity contribution in [1.82, 2.24) is 9.88 Å². The number of aliphatic hydroxyl groups is 1. The molecule has 0 aliphatic heterocycles. The monoisotopic (exact) mass is 252 g/mol. The summed E-state index contributed by atoms with van der Waals surface area (Å²) < 4.78 is 5.14. The number of rotatable bonds is 6. The van der Waals surface area contributed by atoms with Gasteiger partial charge in [-0.05, 0) is 33.0 Å². The fraction of sp³-hybridized carbons (Fsp3) is 0.643. The van der Waals surface area contributed by atoms with Crippen molar-refractivity contribution < 1.29 is 9.84 Å². The zero-order valence-electron chi connectivity index (χ0n) is 12.0. The van der Waals surface area contributed by atoms with E-state index < -0.39 is 6.10 Å². The Hall–Kier alpha value is -1.13. The van der Waals surface area contributed by atoms with E-state index >= 15 is 0 Å². The molecule has 0 radical (unpaired) electrons. The van der Waals surface area contributed by atoms with Gasteiger partial charge in [0.05, 0.1) is 19.4 Å². The molecule has 4 heteroatoms. The number of aromatic nitrogens is 1. The first-order chi connectivity index (χ1) is 8.47. The lowest BCUT2D eigenvalue weighted by molar-refractivity contribution is -0.00654. The van der Waals surface area contributed by atoms with Gasteiger partial charge >= 0.3 is 0 Å². The Morgan fingerprint density at radius 1 is 1.33 bits per heavy atom. The highest BCUT2D eigenvalue weighted by molar-refractivity contribution is 5.26. The van der Waals surface area contributed by atoms with Crippen LogP contribution in [0.4, 0.5) is 0 Å². The minimum atomic E-state index is -0.597. The summed E-state index contributed by atoms with van der Waals surface area (Å²) in [6, 6.07) is 1.84. The topological polar surface area (TPSA) is 45.6 Å². The van der Waals surface area contributed by atoms with Crippen LogP contribution in [0.2, 0.25) is 0 Å². The fourth-order valence-electron chi connectivity index (χ4n) is 2.32. The third-order valence-electron chi connectivity index (χ3n) is 3.53. The summed E-state index contributed by atoms with van der Waals surface area (Å²) in [4.78, 5) is 6.33. The zero-order valence-corrected chi connectivity index (χ0v) is 12.0. The SMILES string of the molecule is CCN(CC)C(C)(C)C(O)c1cncc(OC)c1. The van der Waals surface area contributed by atoms with E-state index in [4.69, 9.17) is 4.74 Å². The first-order valence-corrected chi connectivity index (χ1v) is 6.39. The lowest BCUT2D eigenvalue weighted by atomic mass is 9.90. The minimum absolute atomic E-state index is 0.336. The number of methoxy groups -OCH3 is 1. The van der Waals surface area contributed by atoms with Crippen molar-refractivity contribution in [2.45, 2.75) is 39.3 Å². The molecule has 0 aliphatic carbocycles. The van der Waals surface area contributed by atoms with Gasteiger partial charge in [-0.1, -0.05) is 13.8 Å². The van der Waals surface area contributed by atoms with Crippen LogP contribution >= 0.6 is 0 Å². The van der Waals surface area contributed by atoms with Crippen LogP contribution in [0.5, 0.6) is 5.75 Å². The van der Waals surface area contributed by atoms with Gasteiger partial charge in [0.2, 0.25) is 0 Å². The fourth-order valence-corrected chi connectivity index (χ4v) is 2.32. The Bertz CT molecular complexity index is 376. The molecule has 0 aliphatic rings. The largest absolute Gasteiger partial charge is 0.495 e. The normalized spacial score (nSPS) is 13.7.